The third-order valence-corrected chi connectivity index (χ3v) is 4.57. The van der Waals surface area contributed by atoms with Crippen molar-refractivity contribution in [2.45, 2.75) is 20.3 Å². The van der Waals surface area contributed by atoms with Crippen LogP contribution in [0.2, 0.25) is 0 Å². The first-order chi connectivity index (χ1) is 9.52. The summed E-state index contributed by atoms with van der Waals surface area (Å²) in [5.41, 5.74) is 0. The fraction of sp³-hybridized carbons (Fsp3) is 0.750. The molecule has 6 nitrogen and oxygen atoms in total. The molecular weight excluding hydrogens is 351 g/mol. The van der Waals surface area contributed by atoms with E-state index in [0.29, 0.717) is 6.61 Å². The van der Waals surface area contributed by atoms with Crippen LogP contribution in [0.1, 0.15) is 20.3 Å². The summed E-state index contributed by atoms with van der Waals surface area (Å²) in [6.07, 6.45) is 2.10. The summed E-state index contributed by atoms with van der Waals surface area (Å²) < 4.78 is 32.4. The average Bonchev–Trinajstić information content (AvgIpc) is 2.42. The number of alkyl halides is 1. The molecule has 0 aromatic rings. The van der Waals surface area contributed by atoms with Crippen molar-refractivity contribution in [1.29, 1.82) is 0 Å². The van der Waals surface area contributed by atoms with Crippen LogP contribution in [0.25, 0.3) is 0 Å². The van der Waals surface area contributed by atoms with Gasteiger partial charge in [0.25, 0.3) is 0 Å². The minimum Gasteiger partial charge on any atom is -0.487 e. The van der Waals surface area contributed by atoms with E-state index in [4.69, 9.17) is 13.8 Å². The molecule has 0 bridgehead atoms. The summed E-state index contributed by atoms with van der Waals surface area (Å²) in [6, 6.07) is 0. The van der Waals surface area contributed by atoms with Gasteiger partial charge in [-0.15, -0.1) is 0 Å². The molecule has 0 aliphatic carbocycles. The van der Waals surface area contributed by atoms with Gasteiger partial charge in [-0.2, -0.15) is 0 Å². The molecule has 0 saturated carbocycles. The molecule has 0 saturated heterocycles. The minimum absolute atomic E-state index is 0.0214. The van der Waals surface area contributed by atoms with Gasteiger partial charge in [0.1, 0.15) is 0 Å². The lowest BCUT2D eigenvalue weighted by molar-refractivity contribution is -0.140. The van der Waals surface area contributed by atoms with E-state index >= 15 is 0 Å². The lowest BCUT2D eigenvalue weighted by Crippen LogP contribution is -2.11. The van der Waals surface area contributed by atoms with Gasteiger partial charge in [0, 0.05) is 5.33 Å². The molecule has 0 aliphatic rings. The maximum Gasteiger partial charge on any atom is 0.372 e. The Balaban J connectivity index is 4.78. The predicted molar refractivity (Wildman–Crippen MR) is 80.2 cm³/mol. The molecule has 0 aliphatic heterocycles. The van der Waals surface area contributed by atoms with Crippen molar-refractivity contribution in [2.24, 2.45) is 0 Å². The summed E-state index contributed by atoms with van der Waals surface area (Å²) in [4.78, 5) is 11.5. The van der Waals surface area contributed by atoms with Gasteiger partial charge in [-0.1, -0.05) is 15.9 Å². The molecule has 8 heteroatoms. The molecule has 0 atom stereocenters. The van der Waals surface area contributed by atoms with Crippen LogP contribution < -0.4 is 0 Å². The van der Waals surface area contributed by atoms with Crippen molar-refractivity contribution in [3.05, 3.63) is 11.8 Å². The number of ether oxygens (including phenoxy) is 2. The SMILES string of the molecule is CCOP(=O)(C/C=C(/OCCCBr)C(=O)OC)OCC. The number of allylic oxidation sites excluding steroid dienone is 1. The van der Waals surface area contributed by atoms with E-state index in [1.807, 2.05) is 0 Å². The van der Waals surface area contributed by atoms with Gasteiger partial charge in [-0.25, -0.2) is 4.79 Å². The van der Waals surface area contributed by atoms with Crippen LogP contribution in [-0.4, -0.2) is 44.4 Å². The highest BCUT2D eigenvalue weighted by Crippen LogP contribution is 2.48. The van der Waals surface area contributed by atoms with Gasteiger partial charge >= 0.3 is 13.6 Å². The zero-order valence-corrected chi connectivity index (χ0v) is 14.6. The number of halogens is 1. The highest BCUT2D eigenvalue weighted by atomic mass is 79.9. The smallest absolute Gasteiger partial charge is 0.372 e. The van der Waals surface area contributed by atoms with E-state index in [1.54, 1.807) is 13.8 Å². The van der Waals surface area contributed by atoms with E-state index in [-0.39, 0.29) is 25.1 Å². The van der Waals surface area contributed by atoms with Gasteiger partial charge < -0.3 is 18.5 Å². The molecule has 0 rings (SSSR count). The maximum absolute atomic E-state index is 12.3. The summed E-state index contributed by atoms with van der Waals surface area (Å²) in [7, 11) is -1.98. The van der Waals surface area contributed by atoms with Crippen LogP contribution in [0, 0.1) is 0 Å². The van der Waals surface area contributed by atoms with Gasteiger partial charge in [-0.3, -0.25) is 4.57 Å². The molecule has 118 valence electrons. The molecule has 0 aromatic heterocycles. The van der Waals surface area contributed by atoms with Crippen molar-refractivity contribution >= 4 is 29.5 Å². The van der Waals surface area contributed by atoms with Crippen molar-refractivity contribution in [3.63, 3.8) is 0 Å². The second-order valence-corrected chi connectivity index (χ2v) is 6.48. The van der Waals surface area contributed by atoms with Gasteiger partial charge in [0.05, 0.1) is 33.1 Å². The van der Waals surface area contributed by atoms with Crippen molar-refractivity contribution in [2.75, 3.05) is 38.4 Å². The first kappa shape index (κ1) is 19.6. The first-order valence-electron chi connectivity index (χ1n) is 6.38. The van der Waals surface area contributed by atoms with E-state index < -0.39 is 13.6 Å². The summed E-state index contributed by atoms with van der Waals surface area (Å²) in [5, 5.41) is 0.762. The molecule has 0 fully saturated rings. The van der Waals surface area contributed by atoms with Crippen LogP contribution >= 0.6 is 23.5 Å². The van der Waals surface area contributed by atoms with E-state index in [9.17, 15) is 9.36 Å². The Morgan fingerprint density at radius 1 is 1.25 bits per heavy atom. The number of rotatable bonds is 11. The standard InChI is InChI=1S/C12H22BrO6P/c1-4-18-20(15,19-5-2)10-7-11(12(14)16-3)17-9-6-8-13/h7H,4-6,8-10H2,1-3H3/b11-7+. The Bertz CT molecular complexity index is 348. The van der Waals surface area contributed by atoms with E-state index in [0.717, 1.165) is 11.8 Å². The molecule has 0 heterocycles. The number of methoxy groups -OCH3 is 1. The predicted octanol–water partition coefficient (Wildman–Crippen LogP) is 3.11. The highest BCUT2D eigenvalue weighted by Gasteiger charge is 2.23. The van der Waals surface area contributed by atoms with Crippen molar-refractivity contribution < 1.29 is 27.9 Å². The quantitative estimate of drug-likeness (QED) is 0.138. The molecule has 0 aromatic carbocycles. The fourth-order valence-corrected chi connectivity index (χ4v) is 2.96. The molecule has 0 amide bonds. The first-order valence-corrected chi connectivity index (χ1v) is 9.23. The Morgan fingerprint density at radius 2 is 1.85 bits per heavy atom. The number of carbonyl (C=O) groups excluding carboxylic acids is 1. The Labute approximate surface area is 128 Å². The largest absolute Gasteiger partial charge is 0.487 e. The minimum atomic E-state index is -3.24. The summed E-state index contributed by atoms with van der Waals surface area (Å²) in [5.74, 6) is -0.591. The van der Waals surface area contributed by atoms with Crippen molar-refractivity contribution in [3.8, 4) is 0 Å². The van der Waals surface area contributed by atoms with Crippen LogP contribution in [0.4, 0.5) is 0 Å². The lowest BCUT2D eigenvalue weighted by Gasteiger charge is -2.15. The van der Waals surface area contributed by atoms with Gasteiger partial charge in [0.2, 0.25) is 5.76 Å². The summed E-state index contributed by atoms with van der Waals surface area (Å²) >= 11 is 3.27. The zero-order chi connectivity index (χ0) is 15.4. The van der Waals surface area contributed by atoms with Crippen LogP contribution in [0.5, 0.6) is 0 Å². The second-order valence-electron chi connectivity index (χ2n) is 3.58. The Morgan fingerprint density at radius 3 is 2.30 bits per heavy atom. The fourth-order valence-electron chi connectivity index (χ4n) is 1.27. The van der Waals surface area contributed by atoms with Crippen LogP contribution in [0.15, 0.2) is 11.8 Å². The third kappa shape index (κ3) is 8.04. The Kier molecular flexibility index (Phi) is 11.1. The summed E-state index contributed by atoms with van der Waals surface area (Å²) in [6.45, 7) is 4.35. The van der Waals surface area contributed by atoms with Crippen LogP contribution in [-0.2, 0) is 27.9 Å². The lowest BCUT2D eigenvalue weighted by atomic mass is 10.4. The monoisotopic (exact) mass is 372 g/mol. The van der Waals surface area contributed by atoms with Gasteiger partial charge in [-0.05, 0) is 26.3 Å². The zero-order valence-electron chi connectivity index (χ0n) is 12.1. The Hall–Kier alpha value is -0.360. The molecule has 0 N–H and O–H groups in total. The third-order valence-electron chi connectivity index (χ3n) is 2.07. The highest BCUT2D eigenvalue weighted by molar-refractivity contribution is 9.09. The topological polar surface area (TPSA) is 71.1 Å². The van der Waals surface area contributed by atoms with E-state index in [1.165, 1.54) is 13.2 Å². The molecule has 20 heavy (non-hydrogen) atoms. The molecule has 0 spiro atoms. The molecule has 0 radical (unpaired) electrons. The average molecular weight is 373 g/mol. The number of hydrogen-bond donors (Lipinski definition) is 0. The van der Waals surface area contributed by atoms with Crippen LogP contribution in [0.3, 0.4) is 0 Å². The molecule has 0 unspecified atom stereocenters. The molecular formula is C12H22BrO6P. The van der Waals surface area contributed by atoms with E-state index in [2.05, 4.69) is 20.7 Å². The maximum atomic E-state index is 12.3. The number of carbonyl (C=O) groups is 1. The van der Waals surface area contributed by atoms with Gasteiger partial charge in [0.15, 0.2) is 0 Å². The second kappa shape index (κ2) is 11.3. The van der Waals surface area contributed by atoms with Crippen molar-refractivity contribution in [1.82, 2.24) is 0 Å². The number of esters is 1. The number of hydrogen-bond acceptors (Lipinski definition) is 6. The normalized spacial score (nSPS) is 12.3.